The van der Waals surface area contributed by atoms with Crippen LogP contribution in [0.2, 0.25) is 0 Å². The highest BCUT2D eigenvalue weighted by molar-refractivity contribution is 7.13. The van der Waals surface area contributed by atoms with Gasteiger partial charge in [-0.25, -0.2) is 4.98 Å². The van der Waals surface area contributed by atoms with E-state index in [0.29, 0.717) is 37.0 Å². The summed E-state index contributed by atoms with van der Waals surface area (Å²) in [5, 5.41) is 1.94. The molecule has 3 heterocycles. The van der Waals surface area contributed by atoms with Crippen molar-refractivity contribution in [2.24, 2.45) is 5.73 Å². The second-order valence-electron chi connectivity index (χ2n) is 5.79. The van der Waals surface area contributed by atoms with Gasteiger partial charge in [0.05, 0.1) is 11.4 Å². The molecule has 2 aromatic rings. The van der Waals surface area contributed by atoms with Gasteiger partial charge in [-0.05, 0) is 24.8 Å². The van der Waals surface area contributed by atoms with Crippen molar-refractivity contribution in [3.05, 3.63) is 29.0 Å². The number of nitrogens with two attached hydrogens (primary N) is 1. The lowest BCUT2D eigenvalue weighted by Gasteiger charge is -2.20. The zero-order valence-corrected chi connectivity index (χ0v) is 14.3. The number of carbonyl (C=O) groups is 2. The molecule has 0 aromatic carbocycles. The van der Waals surface area contributed by atoms with Crippen LogP contribution in [0.3, 0.4) is 0 Å². The Labute approximate surface area is 144 Å². The molecule has 128 valence electrons. The highest BCUT2D eigenvalue weighted by Gasteiger charge is 2.26. The van der Waals surface area contributed by atoms with Crippen LogP contribution in [0.1, 0.15) is 22.7 Å². The van der Waals surface area contributed by atoms with Crippen molar-refractivity contribution in [1.29, 1.82) is 0 Å². The number of amides is 2. The Morgan fingerprint density at radius 1 is 1.33 bits per heavy atom. The second kappa shape index (κ2) is 7.14. The van der Waals surface area contributed by atoms with E-state index in [1.54, 1.807) is 11.8 Å². The zero-order valence-electron chi connectivity index (χ0n) is 13.5. The summed E-state index contributed by atoms with van der Waals surface area (Å²) >= 11 is 1.52. The van der Waals surface area contributed by atoms with Crippen LogP contribution in [0.5, 0.6) is 0 Å². The van der Waals surface area contributed by atoms with E-state index in [4.69, 9.17) is 10.2 Å². The van der Waals surface area contributed by atoms with Crippen LogP contribution < -0.4 is 5.73 Å². The summed E-state index contributed by atoms with van der Waals surface area (Å²) in [6.07, 6.45) is 0.799. The molecule has 0 atom stereocenters. The highest BCUT2D eigenvalue weighted by Crippen LogP contribution is 2.26. The first kappa shape index (κ1) is 16.7. The Morgan fingerprint density at radius 2 is 2.17 bits per heavy atom. The van der Waals surface area contributed by atoms with Crippen LogP contribution in [0.15, 0.2) is 21.9 Å². The van der Waals surface area contributed by atoms with Crippen molar-refractivity contribution in [2.45, 2.75) is 13.3 Å². The number of oxazole rings is 1. The Bertz CT molecular complexity index is 726. The first-order valence-corrected chi connectivity index (χ1v) is 8.74. The standard InChI is InChI=1S/C16H20N4O3S/c1-11-14(18-15(23-11)12-4-2-9-24-12)16(22)20-6-3-5-19(7-8-20)10-13(17)21/h2,4,9H,3,5-8,10H2,1H3,(H2,17,21). The Hall–Kier alpha value is -2.19. The van der Waals surface area contributed by atoms with Gasteiger partial charge >= 0.3 is 0 Å². The molecule has 2 amide bonds. The number of thiophene rings is 1. The third-order valence-corrected chi connectivity index (χ3v) is 4.84. The van der Waals surface area contributed by atoms with Gasteiger partial charge in [-0.2, -0.15) is 0 Å². The molecule has 3 rings (SSSR count). The van der Waals surface area contributed by atoms with Gasteiger partial charge < -0.3 is 15.1 Å². The van der Waals surface area contributed by atoms with Gasteiger partial charge in [-0.15, -0.1) is 11.3 Å². The molecule has 0 unspecified atom stereocenters. The zero-order chi connectivity index (χ0) is 17.1. The molecule has 0 spiro atoms. The van der Waals surface area contributed by atoms with Gasteiger partial charge in [0.25, 0.3) is 5.91 Å². The van der Waals surface area contributed by atoms with E-state index in [1.807, 2.05) is 22.4 Å². The molecule has 1 aliphatic heterocycles. The minimum atomic E-state index is -0.345. The maximum atomic E-state index is 12.8. The Kier molecular flexibility index (Phi) is 4.96. The minimum Gasteiger partial charge on any atom is -0.440 e. The quantitative estimate of drug-likeness (QED) is 0.900. The van der Waals surface area contributed by atoms with E-state index in [1.165, 1.54) is 11.3 Å². The highest BCUT2D eigenvalue weighted by atomic mass is 32.1. The fourth-order valence-corrected chi connectivity index (χ4v) is 3.45. The summed E-state index contributed by atoms with van der Waals surface area (Å²) in [7, 11) is 0. The van der Waals surface area contributed by atoms with E-state index in [-0.39, 0.29) is 18.4 Å². The lowest BCUT2D eigenvalue weighted by Crippen LogP contribution is -2.38. The summed E-state index contributed by atoms with van der Waals surface area (Å²) < 4.78 is 5.66. The molecule has 2 aromatic heterocycles. The molecule has 0 bridgehead atoms. The van der Waals surface area contributed by atoms with Crippen molar-refractivity contribution in [3.63, 3.8) is 0 Å². The molecule has 0 radical (unpaired) electrons. The molecule has 1 fully saturated rings. The van der Waals surface area contributed by atoms with Crippen LogP contribution >= 0.6 is 11.3 Å². The molecular formula is C16H20N4O3S. The van der Waals surface area contributed by atoms with E-state index >= 15 is 0 Å². The maximum absolute atomic E-state index is 12.8. The van der Waals surface area contributed by atoms with Gasteiger partial charge in [0, 0.05) is 26.2 Å². The largest absolute Gasteiger partial charge is 0.440 e. The molecule has 0 aliphatic carbocycles. The summed E-state index contributed by atoms with van der Waals surface area (Å²) in [5.41, 5.74) is 5.61. The van der Waals surface area contributed by atoms with E-state index in [2.05, 4.69) is 4.98 Å². The first-order chi connectivity index (χ1) is 11.5. The SMILES string of the molecule is Cc1oc(-c2cccs2)nc1C(=O)N1CCCN(CC(N)=O)CC1. The summed E-state index contributed by atoms with van der Waals surface area (Å²) in [6.45, 7) is 4.55. The molecule has 8 heteroatoms. The summed E-state index contributed by atoms with van der Waals surface area (Å²) in [4.78, 5) is 32.9. The molecule has 24 heavy (non-hydrogen) atoms. The van der Waals surface area contributed by atoms with Gasteiger partial charge in [-0.3, -0.25) is 14.5 Å². The number of nitrogens with zero attached hydrogens (tertiary/aromatic N) is 3. The van der Waals surface area contributed by atoms with Crippen LogP contribution in [-0.4, -0.2) is 59.3 Å². The fourth-order valence-electron chi connectivity index (χ4n) is 2.80. The monoisotopic (exact) mass is 348 g/mol. The van der Waals surface area contributed by atoms with Gasteiger partial charge in [0.1, 0.15) is 5.76 Å². The van der Waals surface area contributed by atoms with Crippen molar-refractivity contribution >= 4 is 23.2 Å². The Morgan fingerprint density at radius 3 is 2.88 bits per heavy atom. The number of hydrogen-bond donors (Lipinski definition) is 1. The molecule has 2 N–H and O–H groups in total. The fraction of sp³-hybridized carbons (Fsp3) is 0.438. The van der Waals surface area contributed by atoms with Crippen molar-refractivity contribution in [2.75, 3.05) is 32.7 Å². The van der Waals surface area contributed by atoms with Gasteiger partial charge in [0.15, 0.2) is 5.69 Å². The third-order valence-electron chi connectivity index (χ3n) is 3.99. The number of rotatable bonds is 4. The molecule has 1 saturated heterocycles. The molecule has 1 aliphatic rings. The smallest absolute Gasteiger partial charge is 0.276 e. The van der Waals surface area contributed by atoms with Crippen LogP contribution in [-0.2, 0) is 4.79 Å². The maximum Gasteiger partial charge on any atom is 0.276 e. The number of aryl methyl sites for hydroxylation is 1. The van der Waals surface area contributed by atoms with Crippen molar-refractivity contribution < 1.29 is 14.0 Å². The van der Waals surface area contributed by atoms with Gasteiger partial charge in [0.2, 0.25) is 11.8 Å². The number of aromatic nitrogens is 1. The van der Waals surface area contributed by atoms with Gasteiger partial charge in [-0.1, -0.05) is 6.07 Å². The van der Waals surface area contributed by atoms with Crippen LogP contribution in [0.4, 0.5) is 0 Å². The number of hydrogen-bond acceptors (Lipinski definition) is 6. The Balaban J connectivity index is 1.71. The predicted octanol–water partition coefficient (Wildman–Crippen LogP) is 1.34. The lowest BCUT2D eigenvalue weighted by molar-refractivity contribution is -0.119. The average molecular weight is 348 g/mol. The van der Waals surface area contributed by atoms with Crippen LogP contribution in [0, 0.1) is 6.92 Å². The normalized spacial score (nSPS) is 16.1. The van der Waals surface area contributed by atoms with Crippen molar-refractivity contribution in [1.82, 2.24) is 14.8 Å². The topological polar surface area (TPSA) is 92.7 Å². The summed E-state index contributed by atoms with van der Waals surface area (Å²) in [6, 6.07) is 3.83. The van der Waals surface area contributed by atoms with E-state index < -0.39 is 0 Å². The second-order valence-corrected chi connectivity index (χ2v) is 6.74. The van der Waals surface area contributed by atoms with Crippen molar-refractivity contribution in [3.8, 4) is 10.8 Å². The summed E-state index contributed by atoms with van der Waals surface area (Å²) in [5.74, 6) is 0.542. The van der Waals surface area contributed by atoms with E-state index in [9.17, 15) is 9.59 Å². The predicted molar refractivity (Wildman–Crippen MR) is 90.7 cm³/mol. The molecular weight excluding hydrogens is 328 g/mol. The lowest BCUT2D eigenvalue weighted by atomic mass is 10.3. The van der Waals surface area contributed by atoms with E-state index in [0.717, 1.165) is 17.8 Å². The van der Waals surface area contributed by atoms with Crippen LogP contribution in [0.25, 0.3) is 10.8 Å². The average Bonchev–Trinajstić information content (AvgIpc) is 3.13. The number of carbonyl (C=O) groups excluding carboxylic acids is 2. The first-order valence-electron chi connectivity index (χ1n) is 7.86. The third kappa shape index (κ3) is 3.65. The number of primary amides is 1. The minimum absolute atomic E-state index is 0.125. The molecule has 0 saturated carbocycles. The molecule has 7 nitrogen and oxygen atoms in total.